The fraction of sp³-hybridized carbons (Fsp3) is 0.389. The van der Waals surface area contributed by atoms with E-state index in [9.17, 15) is 0 Å². The lowest BCUT2D eigenvalue weighted by molar-refractivity contribution is 0.247. The van der Waals surface area contributed by atoms with E-state index in [1.54, 1.807) is 4.68 Å². The Morgan fingerprint density at radius 1 is 1.36 bits per heavy atom. The number of hydrogen-bond donors (Lipinski definition) is 0. The molecule has 0 fully saturated rings. The van der Waals surface area contributed by atoms with Crippen molar-refractivity contribution in [3.05, 3.63) is 52.6 Å². The number of aryl methyl sites for hydroxylation is 2. The zero-order valence-corrected chi connectivity index (χ0v) is 15.7. The fourth-order valence-electron chi connectivity index (χ4n) is 2.75. The summed E-state index contributed by atoms with van der Waals surface area (Å²) < 4.78 is 6.86. The SMILES string of the molecule is Cc1cc(-c2nn(C)c(Cl)c2CN(C)[C@@H](C)Cc2ccccn2)no1. The van der Waals surface area contributed by atoms with Gasteiger partial charge in [0.2, 0.25) is 0 Å². The van der Waals surface area contributed by atoms with Gasteiger partial charge in [0.15, 0.2) is 0 Å². The number of hydrogen-bond acceptors (Lipinski definition) is 5. The van der Waals surface area contributed by atoms with Gasteiger partial charge in [0, 0.05) is 49.6 Å². The fourth-order valence-corrected chi connectivity index (χ4v) is 2.94. The second kappa shape index (κ2) is 7.37. The highest BCUT2D eigenvalue weighted by Gasteiger charge is 2.22. The quantitative estimate of drug-likeness (QED) is 0.674. The maximum absolute atomic E-state index is 6.48. The average Bonchev–Trinajstić information content (AvgIpc) is 3.14. The summed E-state index contributed by atoms with van der Waals surface area (Å²) in [6, 6.07) is 8.17. The zero-order chi connectivity index (χ0) is 18.0. The van der Waals surface area contributed by atoms with Crippen LogP contribution in [0.15, 0.2) is 35.0 Å². The van der Waals surface area contributed by atoms with Gasteiger partial charge in [0.05, 0.1) is 0 Å². The Balaban J connectivity index is 1.80. The standard InChI is InChI=1S/C18H22ClN5O/c1-12(9-14-7-5-6-8-20-14)23(3)11-15-17(21-24(4)18(15)19)16-10-13(2)25-22-16/h5-8,10,12H,9,11H2,1-4H3/t12-/m0/s1. The maximum Gasteiger partial charge on any atom is 0.134 e. The first-order valence-electron chi connectivity index (χ1n) is 8.21. The molecule has 0 saturated heterocycles. The highest BCUT2D eigenvalue weighted by molar-refractivity contribution is 6.30. The van der Waals surface area contributed by atoms with Crippen LogP contribution in [0.2, 0.25) is 5.15 Å². The Morgan fingerprint density at radius 3 is 2.80 bits per heavy atom. The van der Waals surface area contributed by atoms with Crippen molar-refractivity contribution in [1.82, 2.24) is 24.8 Å². The number of aromatic nitrogens is 4. The van der Waals surface area contributed by atoms with Gasteiger partial charge in [-0.1, -0.05) is 22.8 Å². The molecule has 0 aliphatic carbocycles. The van der Waals surface area contributed by atoms with Gasteiger partial charge >= 0.3 is 0 Å². The molecular weight excluding hydrogens is 338 g/mol. The van der Waals surface area contributed by atoms with E-state index in [-0.39, 0.29) is 0 Å². The zero-order valence-electron chi connectivity index (χ0n) is 14.9. The van der Waals surface area contributed by atoms with E-state index in [4.69, 9.17) is 16.1 Å². The summed E-state index contributed by atoms with van der Waals surface area (Å²) in [7, 11) is 3.91. The lowest BCUT2D eigenvalue weighted by Gasteiger charge is -2.24. The van der Waals surface area contributed by atoms with Gasteiger partial charge in [-0.05, 0) is 33.0 Å². The monoisotopic (exact) mass is 359 g/mol. The minimum atomic E-state index is 0.304. The minimum absolute atomic E-state index is 0.304. The molecule has 0 spiro atoms. The van der Waals surface area contributed by atoms with Crippen LogP contribution in [0.5, 0.6) is 0 Å². The van der Waals surface area contributed by atoms with E-state index in [1.807, 2.05) is 44.4 Å². The van der Waals surface area contributed by atoms with Crippen LogP contribution in [0, 0.1) is 6.92 Å². The Labute approximate surface area is 152 Å². The molecule has 0 amide bonds. The van der Waals surface area contributed by atoms with Gasteiger partial charge in [0.1, 0.15) is 22.3 Å². The molecule has 25 heavy (non-hydrogen) atoms. The van der Waals surface area contributed by atoms with Crippen molar-refractivity contribution in [1.29, 1.82) is 0 Å². The van der Waals surface area contributed by atoms with Gasteiger partial charge in [-0.25, -0.2) is 0 Å². The largest absolute Gasteiger partial charge is 0.361 e. The first kappa shape index (κ1) is 17.6. The highest BCUT2D eigenvalue weighted by atomic mass is 35.5. The van der Waals surface area contributed by atoms with Crippen molar-refractivity contribution in [3.63, 3.8) is 0 Å². The lowest BCUT2D eigenvalue weighted by Crippen LogP contribution is -2.30. The third-order valence-corrected chi connectivity index (χ3v) is 4.80. The highest BCUT2D eigenvalue weighted by Crippen LogP contribution is 2.29. The molecule has 0 bridgehead atoms. The molecule has 1 atom stereocenters. The molecule has 3 aromatic rings. The van der Waals surface area contributed by atoms with Crippen molar-refractivity contribution >= 4 is 11.6 Å². The van der Waals surface area contributed by atoms with Crippen LogP contribution in [0.4, 0.5) is 0 Å². The molecule has 7 heteroatoms. The Kier molecular flexibility index (Phi) is 5.20. The topological polar surface area (TPSA) is 60.0 Å². The first-order valence-corrected chi connectivity index (χ1v) is 8.58. The van der Waals surface area contributed by atoms with Crippen LogP contribution >= 0.6 is 11.6 Å². The number of likely N-dealkylation sites (N-methyl/N-ethyl adjacent to an activating group) is 1. The van der Waals surface area contributed by atoms with E-state index in [1.165, 1.54) is 0 Å². The summed E-state index contributed by atoms with van der Waals surface area (Å²) in [5.41, 5.74) is 3.50. The molecule has 3 aromatic heterocycles. The molecule has 0 N–H and O–H groups in total. The molecule has 132 valence electrons. The predicted molar refractivity (Wildman–Crippen MR) is 97.3 cm³/mol. The lowest BCUT2D eigenvalue weighted by atomic mass is 10.1. The van der Waals surface area contributed by atoms with Gasteiger partial charge in [0.25, 0.3) is 0 Å². The average molecular weight is 360 g/mol. The molecule has 3 heterocycles. The second-order valence-corrected chi connectivity index (χ2v) is 6.71. The maximum atomic E-state index is 6.48. The van der Waals surface area contributed by atoms with Crippen LogP contribution in [-0.2, 0) is 20.0 Å². The van der Waals surface area contributed by atoms with Crippen LogP contribution in [0.25, 0.3) is 11.4 Å². The third kappa shape index (κ3) is 3.91. The molecule has 0 aromatic carbocycles. The summed E-state index contributed by atoms with van der Waals surface area (Å²) in [4.78, 5) is 6.65. The smallest absolute Gasteiger partial charge is 0.134 e. The molecule has 6 nitrogen and oxygen atoms in total. The molecule has 3 rings (SSSR count). The Bertz CT molecular complexity index is 843. The van der Waals surface area contributed by atoms with Crippen molar-refractivity contribution in [2.75, 3.05) is 7.05 Å². The van der Waals surface area contributed by atoms with Crippen LogP contribution < -0.4 is 0 Å². The van der Waals surface area contributed by atoms with Crippen molar-refractivity contribution in [2.24, 2.45) is 7.05 Å². The first-order chi connectivity index (χ1) is 12.0. The third-order valence-electron chi connectivity index (χ3n) is 4.33. The van der Waals surface area contributed by atoms with Crippen LogP contribution in [0.3, 0.4) is 0 Å². The van der Waals surface area contributed by atoms with Crippen molar-refractivity contribution in [3.8, 4) is 11.4 Å². The van der Waals surface area contributed by atoms with Crippen molar-refractivity contribution in [2.45, 2.75) is 32.9 Å². The van der Waals surface area contributed by atoms with Crippen LogP contribution in [0.1, 0.15) is 23.9 Å². The number of nitrogens with zero attached hydrogens (tertiary/aromatic N) is 5. The predicted octanol–water partition coefficient (Wildman–Crippen LogP) is 3.49. The molecule has 0 aliphatic heterocycles. The molecule has 0 radical (unpaired) electrons. The summed E-state index contributed by atoms with van der Waals surface area (Å²) in [6.07, 6.45) is 2.69. The second-order valence-electron chi connectivity index (χ2n) is 6.35. The molecular formula is C18H22ClN5O. The number of halogens is 1. The normalized spacial score (nSPS) is 12.7. The number of rotatable bonds is 6. The number of pyridine rings is 1. The van der Waals surface area contributed by atoms with E-state index in [0.29, 0.717) is 23.4 Å². The van der Waals surface area contributed by atoms with Crippen molar-refractivity contribution < 1.29 is 4.52 Å². The minimum Gasteiger partial charge on any atom is -0.361 e. The molecule has 0 aliphatic rings. The Hall–Kier alpha value is -2.18. The van der Waals surface area contributed by atoms with E-state index in [2.05, 4.69) is 34.1 Å². The Morgan fingerprint density at radius 2 is 2.16 bits per heavy atom. The van der Waals surface area contributed by atoms with Gasteiger partial charge in [-0.2, -0.15) is 5.10 Å². The molecule has 0 unspecified atom stereocenters. The molecule has 0 saturated carbocycles. The van der Waals surface area contributed by atoms with Crippen LogP contribution in [-0.4, -0.2) is 37.9 Å². The van der Waals surface area contributed by atoms with Gasteiger partial charge < -0.3 is 4.52 Å². The van der Waals surface area contributed by atoms with E-state index >= 15 is 0 Å². The van der Waals surface area contributed by atoms with E-state index < -0.39 is 0 Å². The van der Waals surface area contributed by atoms with E-state index in [0.717, 1.165) is 29.1 Å². The summed E-state index contributed by atoms with van der Waals surface area (Å²) in [5, 5.41) is 9.21. The summed E-state index contributed by atoms with van der Waals surface area (Å²) in [6.45, 7) is 4.71. The summed E-state index contributed by atoms with van der Waals surface area (Å²) in [5.74, 6) is 0.750. The van der Waals surface area contributed by atoms with Gasteiger partial charge in [-0.15, -0.1) is 0 Å². The van der Waals surface area contributed by atoms with Gasteiger partial charge in [-0.3, -0.25) is 14.6 Å². The summed E-state index contributed by atoms with van der Waals surface area (Å²) >= 11 is 6.48.